The molecule has 3 rings (SSSR count). The maximum atomic E-state index is 12.7. The molecule has 1 amide bonds. The lowest BCUT2D eigenvalue weighted by atomic mass is 10.2. The van der Waals surface area contributed by atoms with Gasteiger partial charge in [-0.2, -0.15) is 4.31 Å². The highest BCUT2D eigenvalue weighted by Crippen LogP contribution is 2.32. The Morgan fingerprint density at radius 2 is 1.96 bits per heavy atom. The molecule has 0 fully saturated rings. The first-order valence-corrected chi connectivity index (χ1v) is 9.79. The van der Waals surface area contributed by atoms with Gasteiger partial charge in [0.1, 0.15) is 5.69 Å². The largest absolute Gasteiger partial charge is 0.306 e. The van der Waals surface area contributed by atoms with Crippen molar-refractivity contribution >= 4 is 21.6 Å². The molecule has 0 radical (unpaired) electrons. The number of hydrogen-bond donors (Lipinski definition) is 0. The van der Waals surface area contributed by atoms with E-state index in [1.165, 1.54) is 4.31 Å². The minimum atomic E-state index is -3.50. The van der Waals surface area contributed by atoms with Gasteiger partial charge in [-0.3, -0.25) is 9.78 Å². The first kappa shape index (κ1) is 17.6. The van der Waals surface area contributed by atoms with Crippen LogP contribution in [0.15, 0.2) is 47.5 Å². The van der Waals surface area contributed by atoms with Crippen molar-refractivity contribution in [3.05, 3.63) is 53.9 Å². The van der Waals surface area contributed by atoms with Crippen LogP contribution in [-0.4, -0.2) is 43.2 Å². The fourth-order valence-corrected chi connectivity index (χ4v) is 4.60. The first-order chi connectivity index (χ1) is 12.0. The summed E-state index contributed by atoms with van der Waals surface area (Å²) in [4.78, 5) is 18.7. The van der Waals surface area contributed by atoms with E-state index in [-0.39, 0.29) is 10.8 Å². The maximum absolute atomic E-state index is 12.7. The average Bonchev–Trinajstić information content (AvgIpc) is 3.06. The predicted molar refractivity (Wildman–Crippen MR) is 96.2 cm³/mol. The Balaban J connectivity index is 1.92. The summed E-state index contributed by atoms with van der Waals surface area (Å²) in [6, 6.07) is 10.2. The summed E-state index contributed by atoms with van der Waals surface area (Å²) in [5.41, 5.74) is 2.02. The number of carbonyl (C=O) groups is 1. The third-order valence-electron chi connectivity index (χ3n) is 4.42. The summed E-state index contributed by atoms with van der Waals surface area (Å²) in [7, 11) is -3.50. The highest BCUT2D eigenvalue weighted by Gasteiger charge is 2.29. The summed E-state index contributed by atoms with van der Waals surface area (Å²) < 4.78 is 26.8. The number of hydrogen-bond acceptors (Lipinski definition) is 4. The number of nitrogens with zero attached hydrogens (tertiary/aromatic N) is 3. The molecule has 0 bridgehead atoms. The lowest BCUT2D eigenvalue weighted by Crippen LogP contribution is -2.31. The molecular weight excluding hydrogens is 338 g/mol. The third kappa shape index (κ3) is 3.17. The third-order valence-corrected chi connectivity index (χ3v) is 6.46. The summed E-state index contributed by atoms with van der Waals surface area (Å²) in [6.07, 6.45) is 2.22. The molecule has 0 unspecified atom stereocenters. The second kappa shape index (κ2) is 6.93. The van der Waals surface area contributed by atoms with Crippen molar-refractivity contribution in [1.29, 1.82) is 0 Å². The Hall–Kier alpha value is -2.25. The minimum Gasteiger partial charge on any atom is -0.306 e. The molecule has 7 heteroatoms. The number of fused-ring (bicyclic) bond motifs is 1. The van der Waals surface area contributed by atoms with Crippen LogP contribution in [0.4, 0.5) is 5.69 Å². The SMILES string of the molecule is CCN(CC)S(=O)(=O)c1ccc2c(c1)CCN2C(=O)c1ccccn1. The van der Waals surface area contributed by atoms with Crippen LogP contribution in [0.25, 0.3) is 0 Å². The molecule has 2 heterocycles. The molecule has 6 nitrogen and oxygen atoms in total. The Morgan fingerprint density at radius 1 is 1.20 bits per heavy atom. The highest BCUT2D eigenvalue weighted by atomic mass is 32.2. The van der Waals surface area contributed by atoms with Gasteiger partial charge in [0.2, 0.25) is 10.0 Å². The van der Waals surface area contributed by atoms with E-state index in [2.05, 4.69) is 4.98 Å². The molecule has 0 N–H and O–H groups in total. The van der Waals surface area contributed by atoms with Gasteiger partial charge in [0, 0.05) is 31.5 Å². The Bertz CT molecular complexity index is 878. The van der Waals surface area contributed by atoms with Crippen molar-refractivity contribution < 1.29 is 13.2 Å². The van der Waals surface area contributed by atoms with Crippen molar-refractivity contribution in [2.24, 2.45) is 0 Å². The van der Waals surface area contributed by atoms with Crippen LogP contribution in [0.2, 0.25) is 0 Å². The van der Waals surface area contributed by atoms with Crippen LogP contribution in [-0.2, 0) is 16.4 Å². The average molecular weight is 359 g/mol. The molecule has 0 saturated carbocycles. The maximum Gasteiger partial charge on any atom is 0.276 e. The Morgan fingerprint density at radius 3 is 2.60 bits per heavy atom. The van der Waals surface area contributed by atoms with E-state index in [1.54, 1.807) is 47.5 Å². The van der Waals surface area contributed by atoms with Crippen LogP contribution in [0, 0.1) is 0 Å². The second-order valence-electron chi connectivity index (χ2n) is 5.80. The van der Waals surface area contributed by atoms with Gasteiger partial charge in [-0.25, -0.2) is 8.42 Å². The fraction of sp³-hybridized carbons (Fsp3) is 0.333. The normalized spacial score (nSPS) is 14.0. The monoisotopic (exact) mass is 359 g/mol. The van der Waals surface area contributed by atoms with Crippen LogP contribution in [0.3, 0.4) is 0 Å². The molecule has 0 aliphatic carbocycles. The van der Waals surface area contributed by atoms with E-state index in [9.17, 15) is 13.2 Å². The fourth-order valence-electron chi connectivity index (χ4n) is 3.09. The van der Waals surface area contributed by atoms with Crippen molar-refractivity contribution in [3.8, 4) is 0 Å². The molecule has 1 aliphatic rings. The topological polar surface area (TPSA) is 70.6 Å². The number of sulfonamides is 1. The summed E-state index contributed by atoms with van der Waals surface area (Å²) in [5.74, 6) is -0.168. The van der Waals surface area contributed by atoms with Gasteiger partial charge in [0.25, 0.3) is 5.91 Å². The van der Waals surface area contributed by atoms with Gasteiger partial charge >= 0.3 is 0 Å². The zero-order valence-corrected chi connectivity index (χ0v) is 15.2. The number of pyridine rings is 1. The van der Waals surface area contributed by atoms with Crippen molar-refractivity contribution in [3.63, 3.8) is 0 Å². The standard InChI is InChI=1S/C18H21N3O3S/c1-3-20(4-2)25(23,24)15-8-9-17-14(13-15)10-12-21(17)18(22)16-7-5-6-11-19-16/h5-9,11,13H,3-4,10,12H2,1-2H3. The number of rotatable bonds is 5. The summed E-state index contributed by atoms with van der Waals surface area (Å²) in [5, 5.41) is 0. The second-order valence-corrected chi connectivity index (χ2v) is 7.74. The van der Waals surface area contributed by atoms with Crippen LogP contribution in [0.1, 0.15) is 29.9 Å². The quantitative estimate of drug-likeness (QED) is 0.821. The Labute approximate surface area is 148 Å². The smallest absolute Gasteiger partial charge is 0.276 e. The lowest BCUT2D eigenvalue weighted by molar-refractivity contribution is 0.0984. The molecule has 2 aromatic rings. The van der Waals surface area contributed by atoms with Gasteiger partial charge in [-0.1, -0.05) is 19.9 Å². The van der Waals surface area contributed by atoms with Gasteiger partial charge in [-0.15, -0.1) is 0 Å². The molecule has 25 heavy (non-hydrogen) atoms. The molecule has 132 valence electrons. The van der Waals surface area contributed by atoms with Crippen LogP contribution in [0.5, 0.6) is 0 Å². The Kier molecular flexibility index (Phi) is 4.87. The zero-order valence-electron chi connectivity index (χ0n) is 14.3. The van der Waals surface area contributed by atoms with E-state index >= 15 is 0 Å². The van der Waals surface area contributed by atoms with Crippen molar-refractivity contribution in [1.82, 2.24) is 9.29 Å². The number of amides is 1. The molecule has 0 saturated heterocycles. The van der Waals surface area contributed by atoms with Crippen LogP contribution < -0.4 is 4.90 Å². The molecular formula is C18H21N3O3S. The molecule has 0 atom stereocenters. The zero-order chi connectivity index (χ0) is 18.0. The van der Waals surface area contributed by atoms with Gasteiger partial charge < -0.3 is 4.90 Å². The molecule has 1 aromatic heterocycles. The van der Waals surface area contributed by atoms with Crippen molar-refractivity contribution in [2.45, 2.75) is 25.2 Å². The minimum absolute atomic E-state index is 0.168. The summed E-state index contributed by atoms with van der Waals surface area (Å²) in [6.45, 7) is 5.03. The number of aromatic nitrogens is 1. The number of carbonyl (C=O) groups excluding carboxylic acids is 1. The molecule has 1 aromatic carbocycles. The van der Waals surface area contributed by atoms with E-state index in [0.717, 1.165) is 11.3 Å². The van der Waals surface area contributed by atoms with E-state index < -0.39 is 10.0 Å². The van der Waals surface area contributed by atoms with Gasteiger partial charge in [0.05, 0.1) is 4.90 Å². The first-order valence-electron chi connectivity index (χ1n) is 8.35. The van der Waals surface area contributed by atoms with Crippen LogP contribution >= 0.6 is 0 Å². The summed E-state index contributed by atoms with van der Waals surface area (Å²) >= 11 is 0. The van der Waals surface area contributed by atoms with E-state index in [1.807, 2.05) is 13.8 Å². The van der Waals surface area contributed by atoms with Gasteiger partial charge in [0.15, 0.2) is 0 Å². The van der Waals surface area contributed by atoms with E-state index in [4.69, 9.17) is 0 Å². The number of anilines is 1. The van der Waals surface area contributed by atoms with Crippen molar-refractivity contribution in [2.75, 3.05) is 24.5 Å². The highest BCUT2D eigenvalue weighted by molar-refractivity contribution is 7.89. The predicted octanol–water partition coefficient (Wildman–Crippen LogP) is 2.32. The lowest BCUT2D eigenvalue weighted by Gasteiger charge is -2.20. The number of benzene rings is 1. The van der Waals surface area contributed by atoms with E-state index in [0.29, 0.717) is 31.7 Å². The van der Waals surface area contributed by atoms with Gasteiger partial charge in [-0.05, 0) is 42.3 Å². The molecule has 0 spiro atoms. The molecule has 1 aliphatic heterocycles.